The van der Waals surface area contributed by atoms with Gasteiger partial charge >= 0.3 is 11.9 Å². The third kappa shape index (κ3) is 4.08. The van der Waals surface area contributed by atoms with Crippen molar-refractivity contribution >= 4 is 52.2 Å². The molecule has 23 heavy (non-hydrogen) atoms. The maximum atomic E-state index is 12.3. The number of amides is 1. The Hall–Kier alpha value is -2.39. The van der Waals surface area contributed by atoms with E-state index in [1.165, 1.54) is 12.3 Å². The van der Waals surface area contributed by atoms with E-state index in [0.29, 0.717) is 5.76 Å². The van der Waals surface area contributed by atoms with E-state index in [1.807, 2.05) is 0 Å². The van der Waals surface area contributed by atoms with Gasteiger partial charge in [0.2, 0.25) is 0 Å². The molecule has 0 aliphatic carbocycles. The Labute approximate surface area is 140 Å². The van der Waals surface area contributed by atoms with Crippen molar-refractivity contribution < 1.29 is 29.0 Å². The van der Waals surface area contributed by atoms with Crippen molar-refractivity contribution in [1.82, 2.24) is 4.90 Å². The van der Waals surface area contributed by atoms with Crippen LogP contribution in [0.5, 0.6) is 0 Å². The molecule has 1 saturated heterocycles. The summed E-state index contributed by atoms with van der Waals surface area (Å²) in [7, 11) is 0. The number of carbonyl (C=O) groups excluding carboxylic acids is 1. The van der Waals surface area contributed by atoms with Crippen LogP contribution in [-0.2, 0) is 14.4 Å². The van der Waals surface area contributed by atoms with Crippen molar-refractivity contribution in [1.29, 1.82) is 0 Å². The van der Waals surface area contributed by atoms with E-state index in [9.17, 15) is 14.4 Å². The first kappa shape index (κ1) is 17.0. The Morgan fingerprint density at radius 3 is 2.74 bits per heavy atom. The molecule has 0 bridgehead atoms. The van der Waals surface area contributed by atoms with Crippen LogP contribution in [0.25, 0.3) is 6.08 Å². The smallest absolute Gasteiger partial charge is 0.327 e. The second kappa shape index (κ2) is 7.25. The normalized spacial score (nSPS) is 18.1. The summed E-state index contributed by atoms with van der Waals surface area (Å²) in [4.78, 5) is 35.3. The van der Waals surface area contributed by atoms with Gasteiger partial charge in [-0.15, -0.1) is 0 Å². The molecule has 9 heteroatoms. The Bertz CT molecular complexity index is 707. The molecule has 120 valence electrons. The Kier molecular flexibility index (Phi) is 5.35. The molecule has 7 nitrogen and oxygen atoms in total. The van der Waals surface area contributed by atoms with Crippen LogP contribution in [0.15, 0.2) is 39.9 Å². The first-order valence-electron chi connectivity index (χ1n) is 6.32. The van der Waals surface area contributed by atoms with Gasteiger partial charge in [0.15, 0.2) is 0 Å². The fourth-order valence-electron chi connectivity index (χ4n) is 1.83. The Morgan fingerprint density at radius 2 is 2.17 bits per heavy atom. The van der Waals surface area contributed by atoms with E-state index < -0.39 is 30.3 Å². The second-order valence-electron chi connectivity index (χ2n) is 4.40. The zero-order chi connectivity index (χ0) is 17.0. The van der Waals surface area contributed by atoms with Gasteiger partial charge < -0.3 is 14.6 Å². The lowest BCUT2D eigenvalue weighted by atomic mass is 10.2. The number of carboxylic acid groups (broad SMARTS) is 2. The fraction of sp³-hybridized carbons (Fsp3) is 0.143. The molecule has 0 saturated carbocycles. The van der Waals surface area contributed by atoms with E-state index in [0.717, 1.165) is 16.7 Å². The van der Waals surface area contributed by atoms with Crippen molar-refractivity contribution in [3.05, 3.63) is 41.2 Å². The van der Waals surface area contributed by atoms with Gasteiger partial charge in [-0.1, -0.05) is 30.1 Å². The number of carboxylic acids is 2. The summed E-state index contributed by atoms with van der Waals surface area (Å²) in [5.41, 5.74) is 0. The van der Waals surface area contributed by atoms with Crippen LogP contribution in [0.3, 0.4) is 0 Å². The van der Waals surface area contributed by atoms with Crippen LogP contribution < -0.4 is 0 Å². The number of hydrogen-bond donors (Lipinski definition) is 2. The Balaban J connectivity index is 2.18. The molecule has 1 aromatic rings. The van der Waals surface area contributed by atoms with Crippen LogP contribution in [0, 0.1) is 0 Å². The quantitative estimate of drug-likeness (QED) is 0.590. The van der Waals surface area contributed by atoms with Crippen molar-refractivity contribution in [2.24, 2.45) is 0 Å². The van der Waals surface area contributed by atoms with Gasteiger partial charge in [-0.25, -0.2) is 4.79 Å². The summed E-state index contributed by atoms with van der Waals surface area (Å²) in [6.45, 7) is 0. The SMILES string of the molecule is O=C(O)CC(C(=O)O)N1C(=O)/C(=C\C=C\c2ccco2)SC1=S. The van der Waals surface area contributed by atoms with Gasteiger partial charge in [-0.05, 0) is 24.3 Å². The van der Waals surface area contributed by atoms with Crippen LogP contribution >= 0.6 is 24.0 Å². The van der Waals surface area contributed by atoms with Crippen molar-refractivity contribution in [2.75, 3.05) is 0 Å². The highest BCUT2D eigenvalue weighted by Crippen LogP contribution is 2.33. The molecular weight excluding hydrogens is 342 g/mol. The average Bonchev–Trinajstić information content (AvgIpc) is 3.06. The number of allylic oxidation sites excluding steroid dienone is 2. The van der Waals surface area contributed by atoms with Gasteiger partial charge in [0, 0.05) is 0 Å². The minimum absolute atomic E-state index is 0.0151. The van der Waals surface area contributed by atoms with E-state index >= 15 is 0 Å². The molecule has 1 aliphatic heterocycles. The van der Waals surface area contributed by atoms with Crippen molar-refractivity contribution in [3.8, 4) is 0 Å². The monoisotopic (exact) mass is 353 g/mol. The summed E-state index contributed by atoms with van der Waals surface area (Å²) in [5, 5.41) is 17.9. The largest absolute Gasteiger partial charge is 0.481 e. The number of hydrogen-bond acceptors (Lipinski definition) is 6. The zero-order valence-electron chi connectivity index (χ0n) is 11.5. The van der Waals surface area contributed by atoms with Gasteiger partial charge in [-0.3, -0.25) is 14.5 Å². The lowest BCUT2D eigenvalue weighted by molar-refractivity contribution is -0.150. The lowest BCUT2D eigenvalue weighted by Gasteiger charge is -2.21. The number of aliphatic carboxylic acids is 2. The molecule has 2 heterocycles. The molecule has 1 atom stereocenters. The summed E-state index contributed by atoms with van der Waals surface area (Å²) < 4.78 is 5.11. The van der Waals surface area contributed by atoms with Gasteiger partial charge in [0.25, 0.3) is 5.91 Å². The third-order valence-corrected chi connectivity index (χ3v) is 4.19. The predicted molar refractivity (Wildman–Crippen MR) is 86.5 cm³/mol. The molecule has 2 N–H and O–H groups in total. The van der Waals surface area contributed by atoms with Crippen LogP contribution in [-0.4, -0.2) is 43.3 Å². The van der Waals surface area contributed by atoms with E-state index in [2.05, 4.69) is 0 Å². The maximum absolute atomic E-state index is 12.3. The topological polar surface area (TPSA) is 108 Å². The minimum Gasteiger partial charge on any atom is -0.481 e. The first-order chi connectivity index (χ1) is 10.9. The molecule has 1 fully saturated rings. The summed E-state index contributed by atoms with van der Waals surface area (Å²) in [5.74, 6) is -2.78. The minimum atomic E-state index is -1.53. The summed E-state index contributed by atoms with van der Waals surface area (Å²) in [6, 6.07) is 1.91. The van der Waals surface area contributed by atoms with Crippen molar-refractivity contribution in [3.63, 3.8) is 0 Å². The molecule has 1 amide bonds. The van der Waals surface area contributed by atoms with Gasteiger partial charge in [0.05, 0.1) is 17.6 Å². The molecule has 0 spiro atoms. The number of thioether (sulfide) groups is 1. The first-order valence-corrected chi connectivity index (χ1v) is 7.54. The molecule has 1 aromatic heterocycles. The molecule has 1 aliphatic rings. The van der Waals surface area contributed by atoms with Crippen LogP contribution in [0.2, 0.25) is 0 Å². The molecule has 2 rings (SSSR count). The number of thiocarbonyl (C=S) groups is 1. The van der Waals surface area contributed by atoms with Gasteiger partial charge in [-0.2, -0.15) is 0 Å². The van der Waals surface area contributed by atoms with Gasteiger partial charge in [0.1, 0.15) is 16.1 Å². The van der Waals surface area contributed by atoms with Crippen LogP contribution in [0.4, 0.5) is 0 Å². The Morgan fingerprint density at radius 1 is 1.43 bits per heavy atom. The van der Waals surface area contributed by atoms with Crippen LogP contribution in [0.1, 0.15) is 12.2 Å². The van der Waals surface area contributed by atoms with E-state index in [-0.39, 0.29) is 9.23 Å². The highest BCUT2D eigenvalue weighted by atomic mass is 32.2. The summed E-state index contributed by atoms with van der Waals surface area (Å²) >= 11 is 5.92. The number of carbonyl (C=O) groups is 3. The predicted octanol–water partition coefficient (Wildman–Crippen LogP) is 1.96. The average molecular weight is 353 g/mol. The van der Waals surface area contributed by atoms with Crippen molar-refractivity contribution in [2.45, 2.75) is 12.5 Å². The maximum Gasteiger partial charge on any atom is 0.327 e. The molecule has 1 unspecified atom stereocenters. The lowest BCUT2D eigenvalue weighted by Crippen LogP contribution is -2.45. The molecule has 0 radical (unpaired) electrons. The highest BCUT2D eigenvalue weighted by Gasteiger charge is 2.41. The third-order valence-electron chi connectivity index (χ3n) is 2.84. The number of nitrogens with zero attached hydrogens (tertiary/aromatic N) is 1. The van der Waals surface area contributed by atoms with E-state index in [1.54, 1.807) is 24.3 Å². The standard InChI is InChI=1S/C14H11NO6S2/c16-11(17)7-9(13(19)20)15-12(18)10(23-14(15)22)5-1-3-8-4-2-6-21-8/h1-6,9H,7H2,(H,16,17)(H,19,20)/b3-1+,10-5+. The number of rotatable bonds is 6. The summed E-state index contributed by atoms with van der Waals surface area (Å²) in [6.07, 6.45) is 5.44. The number of furan rings is 1. The zero-order valence-corrected chi connectivity index (χ0v) is 13.2. The highest BCUT2D eigenvalue weighted by molar-refractivity contribution is 8.26. The second-order valence-corrected chi connectivity index (χ2v) is 6.08. The molecule has 0 aromatic carbocycles. The molecular formula is C14H11NO6S2. The fourth-order valence-corrected chi connectivity index (χ4v) is 3.14. The van der Waals surface area contributed by atoms with E-state index in [4.69, 9.17) is 26.8 Å².